The van der Waals surface area contributed by atoms with Gasteiger partial charge in [0, 0.05) is 18.0 Å². The number of hydrogen-bond donors (Lipinski definition) is 1. The van der Waals surface area contributed by atoms with Gasteiger partial charge in [-0.05, 0) is 44.4 Å². The van der Waals surface area contributed by atoms with Gasteiger partial charge in [0.2, 0.25) is 0 Å². The topological polar surface area (TPSA) is 30.5 Å². The van der Waals surface area contributed by atoms with Crippen molar-refractivity contribution in [3.05, 3.63) is 23.3 Å². The first-order chi connectivity index (χ1) is 10.5. The molecule has 3 nitrogen and oxygen atoms in total. The number of rotatable bonds is 4. The lowest BCUT2D eigenvalue weighted by Crippen LogP contribution is -2.28. The van der Waals surface area contributed by atoms with Gasteiger partial charge in [0.1, 0.15) is 17.1 Å². The van der Waals surface area contributed by atoms with Crippen LogP contribution in [0.25, 0.3) is 0 Å². The first-order valence-corrected chi connectivity index (χ1v) is 7.65. The summed E-state index contributed by atoms with van der Waals surface area (Å²) in [5, 5.41) is 3.29. The van der Waals surface area contributed by atoms with E-state index in [1.54, 1.807) is 0 Å². The minimum absolute atomic E-state index is 0.0600. The van der Waals surface area contributed by atoms with Gasteiger partial charge in [-0.2, -0.15) is 13.2 Å². The van der Waals surface area contributed by atoms with Crippen molar-refractivity contribution in [2.24, 2.45) is 0 Å². The highest BCUT2D eigenvalue weighted by molar-refractivity contribution is 5.50. The maximum absolute atomic E-state index is 13.2. The predicted octanol–water partition coefficient (Wildman–Crippen LogP) is 3.72. The van der Waals surface area contributed by atoms with Crippen LogP contribution < -0.4 is 14.8 Å². The molecule has 22 heavy (non-hydrogen) atoms. The van der Waals surface area contributed by atoms with E-state index in [-0.39, 0.29) is 17.8 Å². The zero-order chi connectivity index (χ0) is 15.7. The molecule has 1 aliphatic carbocycles. The highest BCUT2D eigenvalue weighted by Gasteiger charge is 2.37. The van der Waals surface area contributed by atoms with Gasteiger partial charge in [-0.25, -0.2) is 0 Å². The van der Waals surface area contributed by atoms with Gasteiger partial charge in [-0.3, -0.25) is 0 Å². The summed E-state index contributed by atoms with van der Waals surface area (Å²) in [5.41, 5.74) is 0.0575. The summed E-state index contributed by atoms with van der Waals surface area (Å²) < 4.78 is 50.3. The maximum Gasteiger partial charge on any atom is 0.420 e. The highest BCUT2D eigenvalue weighted by atomic mass is 19.4. The van der Waals surface area contributed by atoms with E-state index in [2.05, 4.69) is 5.32 Å². The van der Waals surface area contributed by atoms with E-state index in [4.69, 9.17) is 9.47 Å². The summed E-state index contributed by atoms with van der Waals surface area (Å²) in [6, 6.07) is 2.62. The average Bonchev–Trinajstić information content (AvgIpc) is 3.31. The number of methoxy groups -OCH3 is 1. The van der Waals surface area contributed by atoms with Crippen LogP contribution in [0.1, 0.15) is 42.7 Å². The Balaban J connectivity index is 2.01. The SMILES string of the molecule is COc1cc([C@H]2CCCNC2)c(OC2CC2)cc1C(F)(F)F. The average molecular weight is 315 g/mol. The van der Waals surface area contributed by atoms with Crippen molar-refractivity contribution >= 4 is 0 Å². The largest absolute Gasteiger partial charge is 0.496 e. The Bertz CT molecular complexity index is 535. The number of ether oxygens (including phenoxy) is 2. The number of hydrogen-bond acceptors (Lipinski definition) is 3. The molecule has 1 N–H and O–H groups in total. The first-order valence-electron chi connectivity index (χ1n) is 7.65. The van der Waals surface area contributed by atoms with Gasteiger partial charge in [-0.15, -0.1) is 0 Å². The molecule has 1 aliphatic heterocycles. The summed E-state index contributed by atoms with van der Waals surface area (Å²) in [7, 11) is 1.27. The molecule has 2 aliphatic rings. The van der Waals surface area contributed by atoms with E-state index < -0.39 is 11.7 Å². The lowest BCUT2D eigenvalue weighted by Gasteiger charge is -2.26. The molecule has 0 spiro atoms. The predicted molar refractivity (Wildman–Crippen MR) is 76.5 cm³/mol. The molecule has 122 valence electrons. The van der Waals surface area contributed by atoms with Gasteiger partial charge >= 0.3 is 6.18 Å². The zero-order valence-electron chi connectivity index (χ0n) is 12.5. The Morgan fingerprint density at radius 3 is 2.45 bits per heavy atom. The van der Waals surface area contributed by atoms with Crippen LogP contribution in [0.5, 0.6) is 11.5 Å². The number of piperidine rings is 1. The van der Waals surface area contributed by atoms with Crippen LogP contribution in [0.15, 0.2) is 12.1 Å². The lowest BCUT2D eigenvalue weighted by atomic mass is 9.90. The molecule has 1 saturated heterocycles. The van der Waals surface area contributed by atoms with Gasteiger partial charge in [0.25, 0.3) is 0 Å². The maximum atomic E-state index is 13.2. The molecule has 1 aromatic rings. The lowest BCUT2D eigenvalue weighted by molar-refractivity contribution is -0.138. The van der Waals surface area contributed by atoms with Crippen molar-refractivity contribution in [2.75, 3.05) is 20.2 Å². The molecule has 2 fully saturated rings. The second-order valence-corrected chi connectivity index (χ2v) is 5.95. The third-order valence-corrected chi connectivity index (χ3v) is 4.19. The molecule has 1 atom stereocenters. The summed E-state index contributed by atoms with van der Waals surface area (Å²) in [5.74, 6) is 0.402. The molecule has 0 amide bonds. The summed E-state index contributed by atoms with van der Waals surface area (Å²) in [4.78, 5) is 0. The molecule has 0 radical (unpaired) electrons. The van der Waals surface area contributed by atoms with Crippen LogP contribution >= 0.6 is 0 Å². The summed E-state index contributed by atoms with van der Waals surface area (Å²) >= 11 is 0. The van der Waals surface area contributed by atoms with Gasteiger partial charge < -0.3 is 14.8 Å². The third-order valence-electron chi connectivity index (χ3n) is 4.19. The fourth-order valence-electron chi connectivity index (χ4n) is 2.87. The monoisotopic (exact) mass is 315 g/mol. The van der Waals surface area contributed by atoms with Crippen LogP contribution in [-0.4, -0.2) is 26.3 Å². The minimum atomic E-state index is -4.45. The van der Waals surface area contributed by atoms with Crippen LogP contribution in [0.2, 0.25) is 0 Å². The molecule has 0 unspecified atom stereocenters. The van der Waals surface area contributed by atoms with Crippen molar-refractivity contribution in [3.8, 4) is 11.5 Å². The van der Waals surface area contributed by atoms with Crippen molar-refractivity contribution in [1.29, 1.82) is 0 Å². The Labute approximate surface area is 127 Å². The molecular formula is C16H20F3NO2. The fourth-order valence-corrected chi connectivity index (χ4v) is 2.87. The Morgan fingerprint density at radius 2 is 1.91 bits per heavy atom. The molecule has 3 rings (SSSR count). The number of nitrogens with one attached hydrogen (secondary N) is 1. The van der Waals surface area contributed by atoms with Crippen molar-refractivity contribution in [3.63, 3.8) is 0 Å². The van der Waals surface area contributed by atoms with E-state index in [1.165, 1.54) is 13.2 Å². The Morgan fingerprint density at radius 1 is 1.14 bits per heavy atom. The second-order valence-electron chi connectivity index (χ2n) is 5.95. The minimum Gasteiger partial charge on any atom is -0.496 e. The van der Waals surface area contributed by atoms with Crippen LogP contribution in [-0.2, 0) is 6.18 Å². The molecule has 0 aromatic heterocycles. The summed E-state index contributed by atoms with van der Waals surface area (Å²) in [6.07, 6.45) is -0.605. The Hall–Kier alpha value is -1.43. The molecule has 1 saturated carbocycles. The van der Waals surface area contributed by atoms with E-state index >= 15 is 0 Å². The van der Waals surface area contributed by atoms with Gasteiger partial charge in [0.05, 0.1) is 13.2 Å². The highest BCUT2D eigenvalue weighted by Crippen LogP contribution is 2.44. The normalized spacial score (nSPS) is 22.5. The smallest absolute Gasteiger partial charge is 0.420 e. The van der Waals surface area contributed by atoms with E-state index in [0.29, 0.717) is 5.75 Å². The fraction of sp³-hybridized carbons (Fsp3) is 0.625. The summed E-state index contributed by atoms with van der Waals surface area (Å²) in [6.45, 7) is 1.71. The van der Waals surface area contributed by atoms with Crippen LogP contribution in [0, 0.1) is 0 Å². The first kappa shape index (κ1) is 15.5. The van der Waals surface area contributed by atoms with Gasteiger partial charge in [0.15, 0.2) is 0 Å². The molecular weight excluding hydrogens is 295 g/mol. The molecule has 0 bridgehead atoms. The number of halogens is 3. The van der Waals surface area contributed by atoms with Crippen molar-refractivity contribution in [1.82, 2.24) is 5.32 Å². The van der Waals surface area contributed by atoms with E-state index in [1.807, 2.05) is 0 Å². The molecule has 1 aromatic carbocycles. The molecule has 6 heteroatoms. The van der Waals surface area contributed by atoms with Crippen LogP contribution in [0.4, 0.5) is 13.2 Å². The van der Waals surface area contributed by atoms with Crippen LogP contribution in [0.3, 0.4) is 0 Å². The Kier molecular flexibility index (Phi) is 4.21. The quantitative estimate of drug-likeness (QED) is 0.918. The molecule has 1 heterocycles. The van der Waals surface area contributed by atoms with E-state index in [9.17, 15) is 13.2 Å². The zero-order valence-corrected chi connectivity index (χ0v) is 12.5. The van der Waals surface area contributed by atoms with Crippen molar-refractivity contribution < 1.29 is 22.6 Å². The number of alkyl halides is 3. The standard InChI is InChI=1S/C16H20F3NO2/c1-21-15-7-12(10-3-2-6-20-9-10)14(22-11-4-5-11)8-13(15)16(17,18)19/h7-8,10-11,20H,2-6,9H2,1H3/t10-/m0/s1. The van der Waals surface area contributed by atoms with E-state index in [0.717, 1.165) is 50.4 Å². The van der Waals surface area contributed by atoms with Gasteiger partial charge in [-0.1, -0.05) is 0 Å². The number of benzene rings is 1. The third kappa shape index (κ3) is 3.32. The second kappa shape index (κ2) is 5.99. The van der Waals surface area contributed by atoms with Crippen molar-refractivity contribution in [2.45, 2.75) is 43.9 Å².